The number of ether oxygens (including phenoxy) is 2. The van der Waals surface area contributed by atoms with Crippen LogP contribution in [0.3, 0.4) is 0 Å². The van der Waals surface area contributed by atoms with Crippen LogP contribution in [0, 0.1) is 17.1 Å². The highest BCUT2D eigenvalue weighted by Crippen LogP contribution is 2.41. The molecule has 2 aromatic carbocycles. The summed E-state index contributed by atoms with van der Waals surface area (Å²) in [4.78, 5) is 0. The predicted molar refractivity (Wildman–Crippen MR) is 96.2 cm³/mol. The van der Waals surface area contributed by atoms with Crippen molar-refractivity contribution in [2.75, 3.05) is 6.61 Å². The van der Waals surface area contributed by atoms with E-state index in [1.165, 1.54) is 6.07 Å². The van der Waals surface area contributed by atoms with Crippen LogP contribution in [0.2, 0.25) is 0 Å². The number of hydrogen-bond donors (Lipinski definition) is 1. The lowest BCUT2D eigenvalue weighted by atomic mass is 10.0. The van der Waals surface area contributed by atoms with Crippen molar-refractivity contribution in [1.82, 2.24) is 0 Å². The van der Waals surface area contributed by atoms with Gasteiger partial charge in [0.2, 0.25) is 0 Å². The van der Waals surface area contributed by atoms with Gasteiger partial charge in [-0.15, -0.1) is 0 Å². The van der Waals surface area contributed by atoms with Gasteiger partial charge in [-0.1, -0.05) is 6.92 Å². The molecule has 0 saturated carbocycles. The summed E-state index contributed by atoms with van der Waals surface area (Å²) in [7, 11) is 0. The second kappa shape index (κ2) is 6.97. The second-order valence-corrected chi connectivity index (χ2v) is 7.35. The summed E-state index contributed by atoms with van der Waals surface area (Å²) >= 11 is 0. The van der Waals surface area contributed by atoms with E-state index in [1.54, 1.807) is 38.1 Å². The van der Waals surface area contributed by atoms with Crippen LogP contribution in [0.15, 0.2) is 30.3 Å². The van der Waals surface area contributed by atoms with Crippen molar-refractivity contribution < 1.29 is 19.0 Å². The van der Waals surface area contributed by atoms with Gasteiger partial charge in [0, 0.05) is 11.6 Å². The molecule has 0 heterocycles. The number of hydrogen-bond acceptors (Lipinski definition) is 4. The standard InChI is InChI=1S/C21H22FNO3/c1-13-4-7-16-18(9-8-17(22)20(13)16)26-15-6-5-14(11-23)19(10-15)25-12-21(2,3)24/h5-6,8-10,13,24H,4,7,12H2,1-3H3/t13-/m1/s1. The Bertz CT molecular complexity index is 865. The maximum Gasteiger partial charge on any atom is 0.140 e. The van der Waals surface area contributed by atoms with Crippen LogP contribution < -0.4 is 9.47 Å². The van der Waals surface area contributed by atoms with Gasteiger partial charge in [-0.3, -0.25) is 0 Å². The van der Waals surface area contributed by atoms with Crippen molar-refractivity contribution in [1.29, 1.82) is 5.26 Å². The van der Waals surface area contributed by atoms with Crippen LogP contribution >= 0.6 is 0 Å². The maximum atomic E-state index is 14.1. The number of nitrogens with zero attached hydrogens (tertiary/aromatic N) is 1. The fourth-order valence-electron chi connectivity index (χ4n) is 3.17. The largest absolute Gasteiger partial charge is 0.489 e. The highest BCUT2D eigenvalue weighted by molar-refractivity contribution is 5.51. The van der Waals surface area contributed by atoms with E-state index in [-0.39, 0.29) is 18.3 Å². The summed E-state index contributed by atoms with van der Waals surface area (Å²) in [5, 5.41) is 19.1. The number of nitriles is 1. The van der Waals surface area contributed by atoms with E-state index >= 15 is 0 Å². The SMILES string of the molecule is C[C@@H]1CCc2c(Oc3ccc(C#N)c(OCC(C)(C)O)c3)ccc(F)c21. The van der Waals surface area contributed by atoms with E-state index in [0.717, 1.165) is 24.0 Å². The Kier molecular flexibility index (Phi) is 4.88. The highest BCUT2D eigenvalue weighted by atomic mass is 19.1. The molecule has 0 fully saturated rings. The minimum Gasteiger partial charge on any atom is -0.489 e. The van der Waals surface area contributed by atoms with E-state index in [9.17, 15) is 14.8 Å². The van der Waals surface area contributed by atoms with Gasteiger partial charge < -0.3 is 14.6 Å². The van der Waals surface area contributed by atoms with Crippen molar-refractivity contribution >= 4 is 0 Å². The van der Waals surface area contributed by atoms with Crippen LogP contribution in [0.5, 0.6) is 17.2 Å². The average Bonchev–Trinajstić information content (AvgIpc) is 2.98. The third-order valence-corrected chi connectivity index (χ3v) is 4.46. The molecule has 0 aliphatic heterocycles. The third kappa shape index (κ3) is 3.81. The van der Waals surface area contributed by atoms with Crippen LogP contribution in [-0.4, -0.2) is 17.3 Å². The number of benzene rings is 2. The Labute approximate surface area is 152 Å². The quantitative estimate of drug-likeness (QED) is 0.845. The monoisotopic (exact) mass is 355 g/mol. The first-order chi connectivity index (χ1) is 12.3. The van der Waals surface area contributed by atoms with Crippen molar-refractivity contribution in [3.8, 4) is 23.3 Å². The molecule has 1 atom stereocenters. The fourth-order valence-corrected chi connectivity index (χ4v) is 3.17. The molecule has 3 rings (SSSR count). The van der Waals surface area contributed by atoms with E-state index in [1.807, 2.05) is 6.92 Å². The molecule has 26 heavy (non-hydrogen) atoms. The molecule has 5 heteroatoms. The summed E-state index contributed by atoms with van der Waals surface area (Å²) in [6, 6.07) is 10.1. The first-order valence-electron chi connectivity index (χ1n) is 8.67. The summed E-state index contributed by atoms with van der Waals surface area (Å²) < 4.78 is 25.7. The zero-order valence-corrected chi connectivity index (χ0v) is 15.2. The Morgan fingerprint density at radius 2 is 2.04 bits per heavy atom. The third-order valence-electron chi connectivity index (χ3n) is 4.46. The van der Waals surface area contributed by atoms with E-state index in [0.29, 0.717) is 22.8 Å². The van der Waals surface area contributed by atoms with Gasteiger partial charge >= 0.3 is 0 Å². The molecule has 1 N–H and O–H groups in total. The molecular weight excluding hydrogens is 333 g/mol. The predicted octanol–water partition coefficient (Wildman–Crippen LogP) is 4.69. The number of rotatable bonds is 5. The maximum absolute atomic E-state index is 14.1. The molecule has 136 valence electrons. The molecular formula is C21H22FNO3. The van der Waals surface area contributed by atoms with Crippen LogP contribution in [0.25, 0.3) is 0 Å². The smallest absolute Gasteiger partial charge is 0.140 e. The number of aliphatic hydroxyl groups is 1. The van der Waals surface area contributed by atoms with Crippen LogP contribution in [-0.2, 0) is 6.42 Å². The zero-order valence-electron chi connectivity index (χ0n) is 15.2. The van der Waals surface area contributed by atoms with Crippen molar-refractivity contribution in [3.63, 3.8) is 0 Å². The summed E-state index contributed by atoms with van der Waals surface area (Å²) in [5.41, 5.74) is 0.979. The first-order valence-corrected chi connectivity index (χ1v) is 8.67. The molecule has 0 saturated heterocycles. The topological polar surface area (TPSA) is 62.5 Å². The lowest BCUT2D eigenvalue weighted by Crippen LogP contribution is -2.28. The van der Waals surface area contributed by atoms with Gasteiger partial charge in [-0.25, -0.2) is 4.39 Å². The number of fused-ring (bicyclic) bond motifs is 1. The van der Waals surface area contributed by atoms with E-state index in [4.69, 9.17) is 9.47 Å². The summed E-state index contributed by atoms with van der Waals surface area (Å²) in [5.74, 6) is 1.47. The molecule has 1 aliphatic rings. The molecule has 0 aromatic heterocycles. The normalized spacial score (nSPS) is 16.1. The highest BCUT2D eigenvalue weighted by Gasteiger charge is 2.26. The molecule has 0 spiro atoms. The molecule has 1 aliphatic carbocycles. The van der Waals surface area contributed by atoms with Gasteiger partial charge in [-0.05, 0) is 62.4 Å². The van der Waals surface area contributed by atoms with Gasteiger partial charge in [0.25, 0.3) is 0 Å². The minimum atomic E-state index is -1.02. The Balaban J connectivity index is 1.89. The number of halogens is 1. The molecule has 0 radical (unpaired) electrons. The molecule has 0 unspecified atom stereocenters. The Morgan fingerprint density at radius 1 is 1.27 bits per heavy atom. The van der Waals surface area contributed by atoms with Crippen molar-refractivity contribution in [3.05, 3.63) is 52.8 Å². The molecule has 0 bridgehead atoms. The van der Waals surface area contributed by atoms with Gasteiger partial charge in [0.15, 0.2) is 0 Å². The zero-order chi connectivity index (χ0) is 18.9. The molecule has 2 aromatic rings. The van der Waals surface area contributed by atoms with E-state index in [2.05, 4.69) is 6.07 Å². The first kappa shape index (κ1) is 18.2. The Hall–Kier alpha value is -2.58. The van der Waals surface area contributed by atoms with Gasteiger partial charge in [0.05, 0.1) is 11.2 Å². The second-order valence-electron chi connectivity index (χ2n) is 7.35. The lowest BCUT2D eigenvalue weighted by Gasteiger charge is -2.19. The fraction of sp³-hybridized carbons (Fsp3) is 0.381. The van der Waals surface area contributed by atoms with Gasteiger partial charge in [-0.2, -0.15) is 5.26 Å². The lowest BCUT2D eigenvalue weighted by molar-refractivity contribution is 0.0283. The van der Waals surface area contributed by atoms with Gasteiger partial charge in [0.1, 0.15) is 35.7 Å². The van der Waals surface area contributed by atoms with Crippen LogP contribution in [0.1, 0.15) is 49.8 Å². The molecule has 4 nitrogen and oxygen atoms in total. The summed E-state index contributed by atoms with van der Waals surface area (Å²) in [6.07, 6.45) is 1.68. The Morgan fingerprint density at radius 3 is 2.73 bits per heavy atom. The van der Waals surface area contributed by atoms with Crippen LogP contribution in [0.4, 0.5) is 4.39 Å². The minimum absolute atomic E-state index is 0.0502. The van der Waals surface area contributed by atoms with E-state index < -0.39 is 5.60 Å². The summed E-state index contributed by atoms with van der Waals surface area (Å²) in [6.45, 7) is 5.32. The average molecular weight is 355 g/mol. The van der Waals surface area contributed by atoms with Crippen molar-refractivity contribution in [2.45, 2.75) is 45.1 Å². The molecule has 0 amide bonds. The van der Waals surface area contributed by atoms with Crippen molar-refractivity contribution in [2.24, 2.45) is 0 Å².